The molecule has 1 aromatic heterocycles. The Kier molecular flexibility index (Phi) is 5.45. The molecule has 116 valence electrons. The Morgan fingerprint density at radius 2 is 2.24 bits per heavy atom. The molecule has 21 heavy (non-hydrogen) atoms. The molecule has 1 aromatic rings. The van der Waals surface area contributed by atoms with Crippen LogP contribution in [0.5, 0.6) is 0 Å². The van der Waals surface area contributed by atoms with Gasteiger partial charge in [0.25, 0.3) is 0 Å². The predicted octanol–water partition coefficient (Wildman–Crippen LogP) is 2.79. The number of carbonyl (C=O) groups is 1. The van der Waals surface area contributed by atoms with Crippen molar-refractivity contribution in [1.29, 1.82) is 0 Å². The van der Waals surface area contributed by atoms with Crippen LogP contribution in [0.1, 0.15) is 37.7 Å². The molecule has 0 atom stereocenters. The van der Waals surface area contributed by atoms with Gasteiger partial charge in [0.15, 0.2) is 0 Å². The number of methoxy groups -OCH3 is 1. The Hall–Kier alpha value is -1.30. The fraction of sp³-hybridized carbons (Fsp3) is 0.667. The van der Waals surface area contributed by atoms with E-state index in [0.29, 0.717) is 6.42 Å². The van der Waals surface area contributed by atoms with E-state index in [2.05, 4.69) is 22.2 Å². The maximum absolute atomic E-state index is 11.4. The summed E-state index contributed by atoms with van der Waals surface area (Å²) in [5.74, 6) is 3.38. The molecule has 0 unspecified atom stereocenters. The van der Waals surface area contributed by atoms with Crippen molar-refractivity contribution in [2.75, 3.05) is 24.7 Å². The average Bonchev–Trinajstić information content (AvgIpc) is 3.18. The maximum atomic E-state index is 11.4. The number of ether oxygens (including phenoxy) is 1. The van der Waals surface area contributed by atoms with Gasteiger partial charge < -0.3 is 10.1 Å². The molecule has 0 spiro atoms. The third kappa shape index (κ3) is 4.88. The van der Waals surface area contributed by atoms with Crippen molar-refractivity contribution in [3.05, 3.63) is 17.6 Å². The van der Waals surface area contributed by atoms with Crippen LogP contribution in [0.2, 0.25) is 0 Å². The summed E-state index contributed by atoms with van der Waals surface area (Å²) in [5, 5.41) is 3.22. The first-order valence-electron chi connectivity index (χ1n) is 7.30. The SMILES string of the molecule is CCNc1cc(C)nc(CSCC2(CC(=O)OC)CC2)n1. The Labute approximate surface area is 130 Å². The van der Waals surface area contributed by atoms with E-state index < -0.39 is 0 Å². The number of nitrogens with one attached hydrogen (secondary N) is 1. The van der Waals surface area contributed by atoms with Crippen molar-refractivity contribution >= 4 is 23.5 Å². The van der Waals surface area contributed by atoms with Crippen molar-refractivity contribution in [2.45, 2.75) is 38.9 Å². The number of esters is 1. The molecule has 2 rings (SSSR count). The van der Waals surface area contributed by atoms with Crippen LogP contribution in [0.15, 0.2) is 6.07 Å². The van der Waals surface area contributed by atoms with Gasteiger partial charge in [0.05, 0.1) is 19.3 Å². The second-order valence-corrected chi connectivity index (χ2v) is 6.57. The number of hydrogen-bond acceptors (Lipinski definition) is 6. The topological polar surface area (TPSA) is 64.1 Å². The van der Waals surface area contributed by atoms with Crippen LogP contribution in [-0.4, -0.2) is 35.3 Å². The van der Waals surface area contributed by atoms with Crippen LogP contribution in [0.4, 0.5) is 5.82 Å². The van der Waals surface area contributed by atoms with Crippen molar-refractivity contribution < 1.29 is 9.53 Å². The standard InChI is InChI=1S/C15H23N3O2S/c1-4-16-12-7-11(2)17-13(18-12)9-21-10-15(5-6-15)8-14(19)20-3/h7H,4-6,8-10H2,1-3H3,(H,16,17,18). The summed E-state index contributed by atoms with van der Waals surface area (Å²) in [6.07, 6.45) is 2.77. The van der Waals surface area contributed by atoms with Crippen LogP contribution < -0.4 is 5.32 Å². The highest BCUT2D eigenvalue weighted by atomic mass is 32.2. The molecular formula is C15H23N3O2S. The zero-order chi connectivity index (χ0) is 15.3. The van der Waals surface area contributed by atoms with Gasteiger partial charge in [0.2, 0.25) is 0 Å². The number of nitrogens with zero attached hydrogens (tertiary/aromatic N) is 2. The van der Waals surface area contributed by atoms with Gasteiger partial charge in [-0.3, -0.25) is 4.79 Å². The number of carbonyl (C=O) groups excluding carboxylic acids is 1. The van der Waals surface area contributed by atoms with Gasteiger partial charge in [-0.15, -0.1) is 0 Å². The van der Waals surface area contributed by atoms with Crippen LogP contribution in [0.25, 0.3) is 0 Å². The lowest BCUT2D eigenvalue weighted by atomic mass is 10.1. The van der Waals surface area contributed by atoms with E-state index in [9.17, 15) is 4.79 Å². The van der Waals surface area contributed by atoms with E-state index in [1.165, 1.54) is 7.11 Å². The van der Waals surface area contributed by atoms with Crippen molar-refractivity contribution in [2.24, 2.45) is 5.41 Å². The minimum Gasteiger partial charge on any atom is -0.469 e. The van der Waals surface area contributed by atoms with Crippen molar-refractivity contribution in [3.8, 4) is 0 Å². The lowest BCUT2D eigenvalue weighted by molar-refractivity contribution is -0.141. The molecule has 1 aliphatic carbocycles. The molecule has 0 radical (unpaired) electrons. The van der Waals surface area contributed by atoms with E-state index in [1.807, 2.05) is 13.0 Å². The zero-order valence-corrected chi connectivity index (χ0v) is 13.8. The summed E-state index contributed by atoms with van der Waals surface area (Å²) in [6, 6.07) is 1.96. The van der Waals surface area contributed by atoms with Gasteiger partial charge in [-0.25, -0.2) is 9.97 Å². The number of hydrogen-bond donors (Lipinski definition) is 1. The van der Waals surface area contributed by atoms with E-state index >= 15 is 0 Å². The van der Waals surface area contributed by atoms with E-state index in [-0.39, 0.29) is 11.4 Å². The highest BCUT2D eigenvalue weighted by Crippen LogP contribution is 2.51. The molecule has 1 heterocycles. The lowest BCUT2D eigenvalue weighted by Gasteiger charge is -2.13. The average molecular weight is 309 g/mol. The summed E-state index contributed by atoms with van der Waals surface area (Å²) in [6.45, 7) is 4.89. The molecular weight excluding hydrogens is 286 g/mol. The molecule has 0 saturated heterocycles. The minimum absolute atomic E-state index is 0.102. The maximum Gasteiger partial charge on any atom is 0.306 e. The summed E-state index contributed by atoms with van der Waals surface area (Å²) in [7, 11) is 1.45. The van der Waals surface area contributed by atoms with Gasteiger partial charge in [0.1, 0.15) is 11.6 Å². The highest BCUT2D eigenvalue weighted by Gasteiger charge is 2.44. The summed E-state index contributed by atoms with van der Waals surface area (Å²) < 4.78 is 4.77. The first-order valence-corrected chi connectivity index (χ1v) is 8.45. The van der Waals surface area contributed by atoms with Gasteiger partial charge >= 0.3 is 5.97 Å². The molecule has 1 aliphatic rings. The Morgan fingerprint density at radius 1 is 1.48 bits per heavy atom. The third-order valence-corrected chi connectivity index (χ3v) is 4.88. The lowest BCUT2D eigenvalue weighted by Crippen LogP contribution is -2.13. The minimum atomic E-state index is -0.102. The highest BCUT2D eigenvalue weighted by molar-refractivity contribution is 7.98. The first-order chi connectivity index (χ1) is 10.1. The monoisotopic (exact) mass is 309 g/mol. The summed E-state index contributed by atoms with van der Waals surface area (Å²) in [4.78, 5) is 20.4. The fourth-order valence-corrected chi connectivity index (χ4v) is 3.49. The van der Waals surface area contributed by atoms with Gasteiger partial charge in [-0.2, -0.15) is 11.8 Å². The molecule has 0 aliphatic heterocycles. The third-order valence-electron chi connectivity index (χ3n) is 3.60. The second-order valence-electron chi connectivity index (χ2n) is 5.59. The molecule has 0 bridgehead atoms. The number of thioether (sulfide) groups is 1. The number of aryl methyl sites for hydroxylation is 1. The smallest absolute Gasteiger partial charge is 0.306 e. The Balaban J connectivity index is 1.84. The molecule has 6 heteroatoms. The van der Waals surface area contributed by atoms with Crippen LogP contribution >= 0.6 is 11.8 Å². The molecule has 0 aromatic carbocycles. The summed E-state index contributed by atoms with van der Waals surface area (Å²) >= 11 is 1.80. The summed E-state index contributed by atoms with van der Waals surface area (Å²) in [5.41, 5.74) is 1.14. The molecule has 1 N–H and O–H groups in total. The Morgan fingerprint density at radius 3 is 2.86 bits per heavy atom. The Bertz CT molecular complexity index is 504. The first kappa shape index (κ1) is 16.1. The van der Waals surface area contributed by atoms with Gasteiger partial charge in [-0.05, 0) is 37.9 Å². The predicted molar refractivity (Wildman–Crippen MR) is 85.4 cm³/mol. The number of rotatable bonds is 8. The van der Waals surface area contributed by atoms with Crippen LogP contribution in [0.3, 0.4) is 0 Å². The number of aromatic nitrogens is 2. The molecule has 5 nitrogen and oxygen atoms in total. The van der Waals surface area contributed by atoms with Gasteiger partial charge in [-0.1, -0.05) is 0 Å². The number of anilines is 1. The van der Waals surface area contributed by atoms with Crippen LogP contribution in [0, 0.1) is 12.3 Å². The van der Waals surface area contributed by atoms with E-state index in [0.717, 1.165) is 48.2 Å². The van der Waals surface area contributed by atoms with Crippen molar-refractivity contribution in [3.63, 3.8) is 0 Å². The quantitative estimate of drug-likeness (QED) is 0.745. The second kappa shape index (κ2) is 7.11. The molecule has 1 saturated carbocycles. The largest absolute Gasteiger partial charge is 0.469 e. The molecule has 1 fully saturated rings. The van der Waals surface area contributed by atoms with E-state index in [4.69, 9.17) is 4.74 Å². The normalized spacial score (nSPS) is 15.6. The fourth-order valence-electron chi connectivity index (χ4n) is 2.25. The zero-order valence-electron chi connectivity index (χ0n) is 12.9. The van der Waals surface area contributed by atoms with Crippen LogP contribution in [-0.2, 0) is 15.3 Å². The van der Waals surface area contributed by atoms with Gasteiger partial charge in [0, 0.05) is 18.3 Å². The molecule has 0 amide bonds. The van der Waals surface area contributed by atoms with Crippen molar-refractivity contribution in [1.82, 2.24) is 9.97 Å². The van der Waals surface area contributed by atoms with E-state index in [1.54, 1.807) is 11.8 Å².